The van der Waals surface area contributed by atoms with Crippen LogP contribution in [0.25, 0.3) is 0 Å². The topological polar surface area (TPSA) is 65.5 Å². The molecular weight excluding hydrogens is 388 g/mol. The second-order valence-electron chi connectivity index (χ2n) is 8.01. The van der Waals surface area contributed by atoms with E-state index in [1.807, 2.05) is 74.4 Å². The number of hydrogen-bond acceptors (Lipinski definition) is 4. The molecule has 31 heavy (non-hydrogen) atoms. The highest BCUT2D eigenvalue weighted by molar-refractivity contribution is 6.11. The Morgan fingerprint density at radius 1 is 1.10 bits per heavy atom. The zero-order chi connectivity index (χ0) is 22.0. The van der Waals surface area contributed by atoms with Gasteiger partial charge in [-0.2, -0.15) is 0 Å². The van der Waals surface area contributed by atoms with E-state index < -0.39 is 6.04 Å². The minimum absolute atomic E-state index is 0.120. The molecule has 3 aromatic rings. The number of nitrogens with zero attached hydrogens (tertiary/aromatic N) is 3. The Morgan fingerprint density at radius 3 is 2.58 bits per heavy atom. The third-order valence-corrected chi connectivity index (χ3v) is 5.52. The average Bonchev–Trinajstić information content (AvgIpc) is 3.04. The van der Waals surface area contributed by atoms with Crippen molar-refractivity contribution in [2.45, 2.75) is 25.9 Å². The Kier molecular flexibility index (Phi) is 5.71. The van der Waals surface area contributed by atoms with Gasteiger partial charge in [0.2, 0.25) is 5.91 Å². The number of benzene rings is 2. The van der Waals surface area contributed by atoms with Crippen molar-refractivity contribution in [1.82, 2.24) is 10.3 Å². The van der Waals surface area contributed by atoms with E-state index in [-0.39, 0.29) is 18.2 Å². The Labute approximate surface area is 182 Å². The van der Waals surface area contributed by atoms with Crippen LogP contribution in [0.4, 0.5) is 11.4 Å². The van der Waals surface area contributed by atoms with Crippen molar-refractivity contribution in [2.24, 2.45) is 0 Å². The maximum absolute atomic E-state index is 13.1. The summed E-state index contributed by atoms with van der Waals surface area (Å²) in [5, 5.41) is 2.99. The molecule has 2 amide bonds. The Hall–Kier alpha value is -3.67. The maximum atomic E-state index is 13.1. The van der Waals surface area contributed by atoms with Gasteiger partial charge in [-0.25, -0.2) is 0 Å². The lowest BCUT2D eigenvalue weighted by Gasteiger charge is -2.25. The van der Waals surface area contributed by atoms with Gasteiger partial charge in [-0.3, -0.25) is 19.5 Å². The van der Waals surface area contributed by atoms with E-state index in [2.05, 4.69) is 10.3 Å². The normalized spacial score (nSPS) is 15.0. The molecule has 0 spiro atoms. The minimum Gasteiger partial charge on any atom is -0.378 e. The molecule has 1 aromatic heterocycles. The van der Waals surface area contributed by atoms with Crippen LogP contribution in [0.15, 0.2) is 66.9 Å². The van der Waals surface area contributed by atoms with E-state index in [1.165, 1.54) is 0 Å². The molecule has 0 saturated carbocycles. The molecule has 0 bridgehead atoms. The first-order chi connectivity index (χ1) is 14.9. The summed E-state index contributed by atoms with van der Waals surface area (Å²) in [5.74, 6) is -0.239. The summed E-state index contributed by atoms with van der Waals surface area (Å²) < 4.78 is 0. The van der Waals surface area contributed by atoms with Gasteiger partial charge < -0.3 is 10.2 Å². The smallest absolute Gasteiger partial charge is 0.260 e. The molecule has 6 heteroatoms. The molecule has 6 nitrogen and oxygen atoms in total. The number of pyridine rings is 1. The molecule has 0 unspecified atom stereocenters. The number of aryl methyl sites for hydroxylation is 1. The van der Waals surface area contributed by atoms with Crippen LogP contribution in [0.5, 0.6) is 0 Å². The van der Waals surface area contributed by atoms with Gasteiger partial charge in [0.15, 0.2) is 0 Å². The molecule has 0 fully saturated rings. The van der Waals surface area contributed by atoms with Crippen molar-refractivity contribution < 1.29 is 9.59 Å². The molecule has 158 valence electrons. The van der Waals surface area contributed by atoms with Crippen LogP contribution in [0.2, 0.25) is 0 Å². The van der Waals surface area contributed by atoms with E-state index in [0.29, 0.717) is 17.8 Å². The van der Waals surface area contributed by atoms with Crippen LogP contribution in [0.3, 0.4) is 0 Å². The van der Waals surface area contributed by atoms with Crippen molar-refractivity contribution in [1.29, 1.82) is 0 Å². The zero-order valence-electron chi connectivity index (χ0n) is 18.0. The van der Waals surface area contributed by atoms with Crippen LogP contribution >= 0.6 is 0 Å². The van der Waals surface area contributed by atoms with Crippen LogP contribution in [0, 0.1) is 6.92 Å². The number of aromatic nitrogens is 1. The molecule has 0 aliphatic carbocycles. The number of hydrogen-bond donors (Lipinski definition) is 1. The van der Waals surface area contributed by atoms with Crippen LogP contribution in [0.1, 0.15) is 39.6 Å². The zero-order valence-corrected chi connectivity index (χ0v) is 18.0. The molecule has 1 atom stereocenters. The number of amides is 2. The van der Waals surface area contributed by atoms with Gasteiger partial charge in [-0.1, -0.05) is 24.3 Å². The number of fused-ring (bicyclic) bond motifs is 1. The monoisotopic (exact) mass is 414 g/mol. The SMILES string of the molecule is Cc1cccc(N2C(=O)c3cccnc3[C@@H]2CC(=O)NCc2ccc(N(C)C)cc2)c1. The molecule has 4 rings (SSSR count). The fourth-order valence-corrected chi connectivity index (χ4v) is 3.88. The first-order valence-electron chi connectivity index (χ1n) is 10.3. The van der Waals surface area contributed by atoms with Gasteiger partial charge in [-0.05, 0) is 54.4 Å². The summed E-state index contributed by atoms with van der Waals surface area (Å²) in [6.07, 6.45) is 1.82. The largest absolute Gasteiger partial charge is 0.378 e. The fraction of sp³-hybridized carbons (Fsp3) is 0.240. The standard InChI is InChI=1S/C25H26N4O2/c1-17-6-4-7-20(14-17)29-22(24-21(25(29)31)8-5-13-26-24)15-23(30)27-16-18-9-11-19(12-10-18)28(2)3/h4-14,22H,15-16H2,1-3H3,(H,27,30)/t22-/m0/s1. The lowest BCUT2D eigenvalue weighted by Crippen LogP contribution is -2.33. The molecule has 1 aliphatic rings. The molecule has 1 aliphatic heterocycles. The molecule has 2 aromatic carbocycles. The number of carbonyl (C=O) groups is 2. The summed E-state index contributed by atoms with van der Waals surface area (Å²) in [4.78, 5) is 34.1. The fourth-order valence-electron chi connectivity index (χ4n) is 3.88. The molecule has 0 saturated heterocycles. The summed E-state index contributed by atoms with van der Waals surface area (Å²) in [6.45, 7) is 2.42. The quantitative estimate of drug-likeness (QED) is 0.665. The van der Waals surface area contributed by atoms with Gasteiger partial charge in [-0.15, -0.1) is 0 Å². The molecular formula is C25H26N4O2. The van der Waals surface area contributed by atoms with E-state index in [4.69, 9.17) is 0 Å². The second-order valence-corrected chi connectivity index (χ2v) is 8.01. The third-order valence-electron chi connectivity index (χ3n) is 5.52. The predicted octanol–water partition coefficient (Wildman–Crippen LogP) is 3.86. The highest BCUT2D eigenvalue weighted by Crippen LogP contribution is 2.38. The van der Waals surface area contributed by atoms with Crippen LogP contribution < -0.4 is 15.1 Å². The van der Waals surface area contributed by atoms with Gasteiger partial charge in [0, 0.05) is 38.2 Å². The Balaban J connectivity index is 1.51. The van der Waals surface area contributed by atoms with E-state index >= 15 is 0 Å². The average molecular weight is 415 g/mol. The number of anilines is 2. The lowest BCUT2D eigenvalue weighted by atomic mass is 10.1. The van der Waals surface area contributed by atoms with Crippen molar-refractivity contribution >= 4 is 23.2 Å². The predicted molar refractivity (Wildman–Crippen MR) is 122 cm³/mol. The van der Waals surface area contributed by atoms with Gasteiger partial charge in [0.25, 0.3) is 5.91 Å². The Morgan fingerprint density at radius 2 is 1.87 bits per heavy atom. The van der Waals surface area contributed by atoms with Crippen LogP contribution in [-0.4, -0.2) is 30.9 Å². The lowest BCUT2D eigenvalue weighted by molar-refractivity contribution is -0.121. The first-order valence-corrected chi connectivity index (χ1v) is 10.3. The highest BCUT2D eigenvalue weighted by atomic mass is 16.2. The minimum atomic E-state index is -0.429. The molecule has 0 radical (unpaired) electrons. The van der Waals surface area contributed by atoms with Gasteiger partial charge in [0.05, 0.1) is 23.7 Å². The van der Waals surface area contributed by atoms with E-state index in [1.54, 1.807) is 23.2 Å². The number of carbonyl (C=O) groups excluding carboxylic acids is 2. The number of nitrogens with one attached hydrogen (secondary N) is 1. The van der Waals surface area contributed by atoms with Crippen LogP contribution in [-0.2, 0) is 11.3 Å². The second kappa shape index (κ2) is 8.60. The summed E-state index contributed by atoms with van der Waals surface area (Å²) in [6, 6.07) is 18.9. The molecule has 2 heterocycles. The van der Waals surface area contributed by atoms with Gasteiger partial charge >= 0.3 is 0 Å². The van der Waals surface area contributed by atoms with Crippen molar-refractivity contribution in [3.8, 4) is 0 Å². The van der Waals surface area contributed by atoms with E-state index in [0.717, 1.165) is 22.5 Å². The summed E-state index contributed by atoms with van der Waals surface area (Å²) in [7, 11) is 3.98. The summed E-state index contributed by atoms with van der Waals surface area (Å²) >= 11 is 0. The summed E-state index contributed by atoms with van der Waals surface area (Å²) in [5.41, 5.74) is 5.17. The van der Waals surface area contributed by atoms with Crippen molar-refractivity contribution in [3.05, 3.63) is 89.2 Å². The Bertz CT molecular complexity index is 1110. The number of rotatable bonds is 6. The highest BCUT2D eigenvalue weighted by Gasteiger charge is 2.39. The van der Waals surface area contributed by atoms with Crippen molar-refractivity contribution in [3.63, 3.8) is 0 Å². The van der Waals surface area contributed by atoms with Crippen molar-refractivity contribution in [2.75, 3.05) is 23.9 Å². The first kappa shape index (κ1) is 20.6. The molecule has 1 N–H and O–H groups in total. The van der Waals surface area contributed by atoms with Gasteiger partial charge in [0.1, 0.15) is 0 Å². The van der Waals surface area contributed by atoms with E-state index in [9.17, 15) is 9.59 Å². The maximum Gasteiger partial charge on any atom is 0.260 e. The third kappa shape index (κ3) is 4.28.